The molecule has 0 fully saturated rings. The Morgan fingerprint density at radius 2 is 0.524 bits per heavy atom. The quantitative estimate of drug-likeness (QED) is 0.153. The van der Waals surface area contributed by atoms with Gasteiger partial charge >= 0.3 is 0 Å². The Balaban J connectivity index is 0.909. The van der Waals surface area contributed by atoms with Crippen LogP contribution in [0.5, 0.6) is 0 Å². The zero-order valence-electron chi connectivity index (χ0n) is 35.1. The molecule has 4 heteroatoms. The van der Waals surface area contributed by atoms with Crippen molar-refractivity contribution >= 4 is 0 Å². The largest absolute Gasteiger partial charge is 0.228 e. The van der Waals surface area contributed by atoms with Crippen LogP contribution in [0.25, 0.3) is 101 Å². The predicted molar refractivity (Wildman–Crippen MR) is 259 cm³/mol. The number of hydrogen-bond donors (Lipinski definition) is 0. The van der Waals surface area contributed by atoms with Gasteiger partial charge in [-0.2, -0.15) is 0 Å². The van der Waals surface area contributed by atoms with Crippen molar-refractivity contribution in [2.45, 2.75) is 19.3 Å². The summed E-state index contributed by atoms with van der Waals surface area (Å²) < 4.78 is 0. The topological polar surface area (TPSA) is 51.6 Å². The smallest absolute Gasteiger partial charge is 0.160 e. The summed E-state index contributed by atoms with van der Waals surface area (Å²) in [6.45, 7) is 4.68. The highest BCUT2D eigenvalue weighted by Gasteiger charge is 2.35. The molecule has 0 spiro atoms. The van der Waals surface area contributed by atoms with Crippen LogP contribution in [0.15, 0.2) is 218 Å². The zero-order valence-corrected chi connectivity index (χ0v) is 35.1. The van der Waals surface area contributed by atoms with Gasteiger partial charge in [0.15, 0.2) is 11.6 Å². The molecule has 0 unspecified atom stereocenters. The summed E-state index contributed by atoms with van der Waals surface area (Å²) in [5.74, 6) is 1.43. The molecule has 11 rings (SSSR count). The summed E-state index contributed by atoms with van der Waals surface area (Å²) in [7, 11) is 0. The van der Waals surface area contributed by atoms with Crippen molar-refractivity contribution in [3.8, 4) is 101 Å². The van der Waals surface area contributed by atoms with Gasteiger partial charge in [0.05, 0.1) is 22.8 Å². The monoisotopic (exact) mass is 806 g/mol. The second-order valence-corrected chi connectivity index (χ2v) is 16.7. The number of fused-ring (bicyclic) bond motifs is 3. The van der Waals surface area contributed by atoms with Crippen LogP contribution in [0.1, 0.15) is 25.0 Å². The normalized spacial score (nSPS) is 12.4. The highest BCUT2D eigenvalue weighted by atomic mass is 14.9. The van der Waals surface area contributed by atoms with E-state index in [4.69, 9.17) is 19.9 Å². The van der Waals surface area contributed by atoms with Crippen LogP contribution in [0.3, 0.4) is 0 Å². The lowest BCUT2D eigenvalue weighted by Crippen LogP contribution is -2.14. The van der Waals surface area contributed by atoms with E-state index in [1.54, 1.807) is 0 Å². The van der Waals surface area contributed by atoms with Crippen molar-refractivity contribution in [3.63, 3.8) is 0 Å². The van der Waals surface area contributed by atoms with E-state index < -0.39 is 0 Å². The predicted octanol–water partition coefficient (Wildman–Crippen LogP) is 14.9. The fourth-order valence-corrected chi connectivity index (χ4v) is 8.93. The van der Waals surface area contributed by atoms with Crippen LogP contribution in [0.4, 0.5) is 0 Å². The van der Waals surface area contributed by atoms with Crippen LogP contribution in [-0.4, -0.2) is 19.9 Å². The molecule has 63 heavy (non-hydrogen) atoms. The fraction of sp³-hybridized carbons (Fsp3) is 0.0508. The Morgan fingerprint density at radius 3 is 0.857 bits per heavy atom. The summed E-state index contributed by atoms with van der Waals surface area (Å²) >= 11 is 0. The van der Waals surface area contributed by atoms with Crippen LogP contribution in [-0.2, 0) is 5.41 Å². The fourth-order valence-electron chi connectivity index (χ4n) is 8.93. The molecule has 0 bridgehead atoms. The molecule has 1 aliphatic carbocycles. The molecule has 10 aromatic rings. The Hall–Kier alpha value is -8.08. The van der Waals surface area contributed by atoms with Crippen LogP contribution in [0, 0.1) is 0 Å². The molecule has 0 N–H and O–H groups in total. The lowest BCUT2D eigenvalue weighted by molar-refractivity contribution is 0.660. The number of benzene rings is 8. The number of hydrogen-bond acceptors (Lipinski definition) is 4. The SMILES string of the molecule is CC1(C)c2ccc(-c3ccc(-c4cc(-c5ccccc5)nc(-c5ccccc5)n4)cc3)cc2-c2cc(-c3ccc(-c4cc(-c5ccccc5)nc(-c5ccccc5)n4)cc3)ccc21. The molecule has 0 radical (unpaired) electrons. The molecule has 0 saturated heterocycles. The van der Waals surface area contributed by atoms with E-state index in [1.807, 2.05) is 72.8 Å². The summed E-state index contributed by atoms with van der Waals surface area (Å²) in [6, 6.07) is 76.8. The van der Waals surface area contributed by atoms with E-state index in [-0.39, 0.29) is 5.41 Å². The van der Waals surface area contributed by atoms with E-state index in [0.717, 1.165) is 67.3 Å². The van der Waals surface area contributed by atoms with Crippen LogP contribution < -0.4 is 0 Å². The average molecular weight is 807 g/mol. The number of nitrogens with zero attached hydrogens (tertiary/aromatic N) is 4. The third kappa shape index (κ3) is 7.22. The second-order valence-electron chi connectivity index (χ2n) is 16.7. The molecule has 298 valence electrons. The Morgan fingerprint density at radius 1 is 0.254 bits per heavy atom. The Labute approximate surface area is 368 Å². The summed E-state index contributed by atoms with van der Waals surface area (Å²) in [4.78, 5) is 20.1. The van der Waals surface area contributed by atoms with E-state index >= 15 is 0 Å². The maximum atomic E-state index is 5.06. The molecule has 0 amide bonds. The van der Waals surface area contributed by atoms with Gasteiger partial charge in [-0.1, -0.05) is 208 Å². The van der Waals surface area contributed by atoms with E-state index in [1.165, 1.54) is 33.4 Å². The Kier molecular flexibility index (Phi) is 9.47. The molecular formula is C59H42N4. The van der Waals surface area contributed by atoms with Crippen molar-refractivity contribution in [2.75, 3.05) is 0 Å². The first kappa shape index (κ1) is 37.9. The maximum absolute atomic E-state index is 5.06. The first-order valence-electron chi connectivity index (χ1n) is 21.5. The summed E-state index contributed by atoms with van der Waals surface area (Å²) in [5.41, 5.74) is 19.6. The van der Waals surface area contributed by atoms with Gasteiger partial charge in [0.1, 0.15) is 0 Å². The van der Waals surface area contributed by atoms with E-state index in [0.29, 0.717) is 11.6 Å². The lowest BCUT2D eigenvalue weighted by Gasteiger charge is -2.21. The molecule has 2 heterocycles. The van der Waals surface area contributed by atoms with Crippen molar-refractivity contribution in [3.05, 3.63) is 230 Å². The van der Waals surface area contributed by atoms with Crippen LogP contribution in [0.2, 0.25) is 0 Å². The average Bonchev–Trinajstić information content (AvgIpc) is 3.59. The van der Waals surface area contributed by atoms with E-state index in [9.17, 15) is 0 Å². The first-order chi connectivity index (χ1) is 30.9. The minimum absolute atomic E-state index is 0.116. The molecule has 0 atom stereocenters. The summed E-state index contributed by atoms with van der Waals surface area (Å²) in [6.07, 6.45) is 0. The molecule has 0 saturated carbocycles. The van der Waals surface area contributed by atoms with Gasteiger partial charge in [0.25, 0.3) is 0 Å². The first-order valence-corrected chi connectivity index (χ1v) is 21.5. The second kappa shape index (κ2) is 15.7. The highest BCUT2D eigenvalue weighted by Crippen LogP contribution is 2.51. The third-order valence-electron chi connectivity index (χ3n) is 12.4. The van der Waals surface area contributed by atoms with Crippen LogP contribution >= 0.6 is 0 Å². The zero-order chi connectivity index (χ0) is 42.3. The summed E-state index contributed by atoms with van der Waals surface area (Å²) in [5, 5.41) is 0. The highest BCUT2D eigenvalue weighted by molar-refractivity contribution is 5.88. The molecule has 8 aromatic carbocycles. The van der Waals surface area contributed by atoms with Gasteiger partial charge < -0.3 is 0 Å². The minimum Gasteiger partial charge on any atom is -0.228 e. The van der Waals surface area contributed by atoms with E-state index in [2.05, 4.69) is 159 Å². The van der Waals surface area contributed by atoms with Gasteiger partial charge in [-0.15, -0.1) is 0 Å². The molecule has 0 aliphatic heterocycles. The molecule has 1 aliphatic rings. The number of aromatic nitrogens is 4. The third-order valence-corrected chi connectivity index (χ3v) is 12.4. The van der Waals surface area contributed by atoms with Gasteiger partial charge in [0.2, 0.25) is 0 Å². The molecule has 4 nitrogen and oxygen atoms in total. The van der Waals surface area contributed by atoms with Gasteiger partial charge in [-0.3, -0.25) is 0 Å². The van der Waals surface area contributed by atoms with Gasteiger partial charge in [-0.05, 0) is 68.8 Å². The number of rotatable bonds is 8. The lowest BCUT2D eigenvalue weighted by atomic mass is 9.82. The van der Waals surface area contributed by atoms with Gasteiger partial charge in [-0.25, -0.2) is 19.9 Å². The van der Waals surface area contributed by atoms with Crippen molar-refractivity contribution in [1.29, 1.82) is 0 Å². The maximum Gasteiger partial charge on any atom is 0.160 e. The minimum atomic E-state index is -0.116. The molecular weight excluding hydrogens is 765 g/mol. The standard InChI is InChI=1S/C59H42N4/c1-59(2)51-33-31-47(39-23-27-43(28-24-39)55-37-53(41-15-7-3-8-16-41)60-57(62-55)45-19-11-5-12-20-45)35-49(51)50-36-48(32-34-52(50)59)40-25-29-44(30-26-40)56-38-54(42-17-9-4-10-18-42)61-58(63-56)46-21-13-6-14-22-46/h3-38H,1-2H3. The van der Waals surface area contributed by atoms with Crippen molar-refractivity contribution in [1.82, 2.24) is 19.9 Å². The van der Waals surface area contributed by atoms with Gasteiger partial charge in [0, 0.05) is 38.8 Å². The van der Waals surface area contributed by atoms with Crippen molar-refractivity contribution < 1.29 is 0 Å². The Bertz CT molecular complexity index is 2920. The van der Waals surface area contributed by atoms with Crippen molar-refractivity contribution in [2.24, 2.45) is 0 Å². The molecule has 2 aromatic heterocycles.